The molecule has 0 atom stereocenters. The zero-order valence-corrected chi connectivity index (χ0v) is 6.84. The molecule has 1 rings (SSSR count). The van der Waals surface area contributed by atoms with Crippen LogP contribution in [0.3, 0.4) is 0 Å². The van der Waals surface area contributed by atoms with Crippen LogP contribution >= 0.6 is 0 Å². The van der Waals surface area contributed by atoms with Crippen LogP contribution < -0.4 is 5.76 Å². The number of methoxy groups -OCH3 is 1. The molecule has 1 aromatic rings. The molecule has 1 heterocycles. The van der Waals surface area contributed by atoms with E-state index < -0.39 is 11.7 Å². The number of carbonyl (C=O) groups is 1. The highest BCUT2D eigenvalue weighted by molar-refractivity contribution is 5.88. The van der Waals surface area contributed by atoms with E-state index in [-0.39, 0.29) is 5.69 Å². The van der Waals surface area contributed by atoms with E-state index >= 15 is 0 Å². The molecule has 0 radical (unpaired) electrons. The number of oxazole rings is 1. The van der Waals surface area contributed by atoms with Crippen LogP contribution in [0.15, 0.2) is 9.21 Å². The Hall–Kier alpha value is -1.52. The summed E-state index contributed by atoms with van der Waals surface area (Å²) >= 11 is 0. The van der Waals surface area contributed by atoms with Gasteiger partial charge in [-0.05, 0) is 0 Å². The topological polar surface area (TPSA) is 72.3 Å². The molecule has 0 amide bonds. The highest BCUT2D eigenvalue weighted by Crippen LogP contribution is 2.04. The van der Waals surface area contributed by atoms with Crippen molar-refractivity contribution in [3.8, 4) is 0 Å². The van der Waals surface area contributed by atoms with Gasteiger partial charge in [0.1, 0.15) is 5.76 Å². The van der Waals surface area contributed by atoms with Crippen molar-refractivity contribution in [3.05, 3.63) is 22.0 Å². The highest BCUT2D eigenvalue weighted by Gasteiger charge is 2.15. The number of hydrogen-bond acceptors (Lipinski definition) is 4. The maximum atomic E-state index is 11.0. The number of H-pyrrole nitrogens is 1. The van der Waals surface area contributed by atoms with Gasteiger partial charge in [-0.2, -0.15) is 0 Å². The molecule has 0 aliphatic heterocycles. The molecule has 0 bridgehead atoms. The molecular weight excluding hydrogens is 162 g/mol. The molecule has 0 saturated heterocycles. The number of aryl methyl sites for hydroxylation is 1. The molecule has 1 N–H and O–H groups in total. The maximum absolute atomic E-state index is 11.0. The Morgan fingerprint density at radius 3 is 2.83 bits per heavy atom. The fraction of sp³-hybridized carbons (Fsp3) is 0.429. The van der Waals surface area contributed by atoms with E-state index in [1.54, 1.807) is 6.92 Å². The van der Waals surface area contributed by atoms with E-state index in [1.165, 1.54) is 7.11 Å². The normalized spacial score (nSPS) is 9.83. The largest absolute Gasteiger partial charge is 0.464 e. The fourth-order valence-electron chi connectivity index (χ4n) is 0.876. The first kappa shape index (κ1) is 8.58. The summed E-state index contributed by atoms with van der Waals surface area (Å²) in [7, 11) is 1.24. The smallest absolute Gasteiger partial charge is 0.417 e. The summed E-state index contributed by atoms with van der Waals surface area (Å²) in [5, 5.41) is 0. The SMILES string of the molecule is CCc1oc(=O)[nH]c1C(=O)OC. The molecule has 12 heavy (non-hydrogen) atoms. The Morgan fingerprint density at radius 2 is 2.33 bits per heavy atom. The van der Waals surface area contributed by atoms with Gasteiger partial charge >= 0.3 is 11.7 Å². The summed E-state index contributed by atoms with van der Waals surface area (Å²) < 4.78 is 9.10. The van der Waals surface area contributed by atoms with Crippen molar-refractivity contribution in [1.29, 1.82) is 0 Å². The fourth-order valence-corrected chi connectivity index (χ4v) is 0.876. The predicted molar refractivity (Wildman–Crippen MR) is 40.0 cm³/mol. The third kappa shape index (κ3) is 1.39. The second-order valence-electron chi connectivity index (χ2n) is 2.16. The van der Waals surface area contributed by atoms with Crippen LogP contribution in [0.1, 0.15) is 23.2 Å². The number of nitrogens with one attached hydrogen (secondary N) is 1. The van der Waals surface area contributed by atoms with E-state index in [0.717, 1.165) is 0 Å². The Balaban J connectivity index is 3.13. The van der Waals surface area contributed by atoms with Gasteiger partial charge in [0.05, 0.1) is 7.11 Å². The molecule has 0 aliphatic rings. The lowest BCUT2D eigenvalue weighted by atomic mass is 10.3. The van der Waals surface area contributed by atoms with Crippen molar-refractivity contribution in [2.45, 2.75) is 13.3 Å². The predicted octanol–water partition coefficient (Wildman–Crippen LogP) is 0.317. The second-order valence-corrected chi connectivity index (χ2v) is 2.16. The first-order valence-electron chi connectivity index (χ1n) is 3.49. The quantitative estimate of drug-likeness (QED) is 0.650. The number of rotatable bonds is 2. The molecular formula is C7H9NO4. The average molecular weight is 171 g/mol. The van der Waals surface area contributed by atoms with Crippen LogP contribution in [0.5, 0.6) is 0 Å². The molecule has 5 nitrogen and oxygen atoms in total. The van der Waals surface area contributed by atoms with Gasteiger partial charge < -0.3 is 9.15 Å². The lowest BCUT2D eigenvalue weighted by Gasteiger charge is -1.94. The Bertz CT molecular complexity index is 335. The average Bonchev–Trinajstić information content (AvgIpc) is 2.45. The molecule has 0 fully saturated rings. The van der Waals surface area contributed by atoms with Gasteiger partial charge in [-0.25, -0.2) is 9.59 Å². The molecule has 1 aromatic heterocycles. The molecule has 0 aromatic carbocycles. The number of ether oxygens (including phenoxy) is 1. The Kier molecular flexibility index (Phi) is 2.32. The third-order valence-electron chi connectivity index (χ3n) is 1.43. The lowest BCUT2D eigenvalue weighted by Crippen LogP contribution is -2.06. The van der Waals surface area contributed by atoms with E-state index in [0.29, 0.717) is 12.2 Å². The summed E-state index contributed by atoms with van der Waals surface area (Å²) in [6.45, 7) is 1.78. The Labute approximate surface area is 68.3 Å². The van der Waals surface area contributed by atoms with Gasteiger partial charge in [0.15, 0.2) is 5.69 Å². The first-order chi connectivity index (χ1) is 5.69. The van der Waals surface area contributed by atoms with E-state index in [2.05, 4.69) is 14.1 Å². The van der Waals surface area contributed by atoms with E-state index in [4.69, 9.17) is 0 Å². The number of aromatic amines is 1. The molecule has 0 saturated carbocycles. The minimum atomic E-state index is -0.632. The maximum Gasteiger partial charge on any atom is 0.417 e. The van der Waals surface area contributed by atoms with Gasteiger partial charge in [-0.1, -0.05) is 6.92 Å². The zero-order chi connectivity index (χ0) is 9.14. The number of carbonyl (C=O) groups excluding carboxylic acids is 1. The lowest BCUT2D eigenvalue weighted by molar-refractivity contribution is 0.0592. The van der Waals surface area contributed by atoms with Crippen molar-refractivity contribution >= 4 is 5.97 Å². The van der Waals surface area contributed by atoms with Crippen molar-refractivity contribution in [2.75, 3.05) is 7.11 Å². The number of hydrogen-bond donors (Lipinski definition) is 1. The minimum absolute atomic E-state index is 0.102. The van der Waals surface area contributed by atoms with Crippen molar-refractivity contribution in [3.63, 3.8) is 0 Å². The molecule has 5 heteroatoms. The Morgan fingerprint density at radius 1 is 1.67 bits per heavy atom. The van der Waals surface area contributed by atoms with Crippen LogP contribution in [0.25, 0.3) is 0 Å². The zero-order valence-electron chi connectivity index (χ0n) is 6.84. The van der Waals surface area contributed by atoms with E-state index in [1.807, 2.05) is 0 Å². The van der Waals surface area contributed by atoms with Crippen LogP contribution in [0.4, 0.5) is 0 Å². The van der Waals surface area contributed by atoms with Gasteiger partial charge in [0, 0.05) is 6.42 Å². The van der Waals surface area contributed by atoms with Gasteiger partial charge in [-0.3, -0.25) is 4.98 Å². The summed E-state index contributed by atoms with van der Waals surface area (Å²) in [6.07, 6.45) is 0.475. The van der Waals surface area contributed by atoms with Gasteiger partial charge in [0.2, 0.25) is 0 Å². The van der Waals surface area contributed by atoms with Crippen LogP contribution in [0, 0.1) is 0 Å². The van der Waals surface area contributed by atoms with Crippen molar-refractivity contribution in [1.82, 2.24) is 4.98 Å². The first-order valence-corrected chi connectivity index (χ1v) is 3.49. The van der Waals surface area contributed by atoms with Gasteiger partial charge in [0.25, 0.3) is 0 Å². The summed E-state index contributed by atoms with van der Waals surface area (Å²) in [5.74, 6) is -0.892. The number of esters is 1. The summed E-state index contributed by atoms with van der Waals surface area (Å²) in [6, 6.07) is 0. The summed E-state index contributed by atoms with van der Waals surface area (Å²) in [4.78, 5) is 23.9. The monoisotopic (exact) mass is 171 g/mol. The molecule has 0 unspecified atom stereocenters. The van der Waals surface area contributed by atoms with Crippen LogP contribution in [0.2, 0.25) is 0 Å². The third-order valence-corrected chi connectivity index (χ3v) is 1.43. The second kappa shape index (κ2) is 3.25. The number of aromatic nitrogens is 1. The summed E-state index contributed by atoms with van der Waals surface area (Å²) in [5.41, 5.74) is 0.102. The van der Waals surface area contributed by atoms with E-state index in [9.17, 15) is 9.59 Å². The highest BCUT2D eigenvalue weighted by atomic mass is 16.5. The minimum Gasteiger partial charge on any atom is -0.464 e. The van der Waals surface area contributed by atoms with Crippen molar-refractivity contribution < 1.29 is 13.9 Å². The molecule has 0 aliphatic carbocycles. The van der Waals surface area contributed by atoms with Crippen LogP contribution in [-0.4, -0.2) is 18.1 Å². The van der Waals surface area contributed by atoms with Crippen molar-refractivity contribution in [2.24, 2.45) is 0 Å². The molecule has 0 spiro atoms. The molecule has 66 valence electrons. The van der Waals surface area contributed by atoms with Gasteiger partial charge in [-0.15, -0.1) is 0 Å². The standard InChI is InChI=1S/C7H9NO4/c1-3-4-5(6(9)11-2)8-7(10)12-4/h3H2,1-2H3,(H,8,10). The van der Waals surface area contributed by atoms with Crippen LogP contribution in [-0.2, 0) is 11.2 Å².